The second-order valence-corrected chi connectivity index (χ2v) is 5.79. The van der Waals surface area contributed by atoms with Gasteiger partial charge in [0.15, 0.2) is 0 Å². The van der Waals surface area contributed by atoms with Crippen molar-refractivity contribution in [2.24, 2.45) is 0 Å². The van der Waals surface area contributed by atoms with Gasteiger partial charge in [0.25, 0.3) is 12.3 Å². The van der Waals surface area contributed by atoms with Crippen molar-refractivity contribution in [3.8, 4) is 0 Å². The molecular weight excluding hydrogens is 352 g/mol. The Morgan fingerprint density at radius 3 is 2.52 bits per heavy atom. The van der Waals surface area contributed by atoms with E-state index >= 15 is 0 Å². The van der Waals surface area contributed by atoms with Gasteiger partial charge in [0.2, 0.25) is 5.91 Å². The molecule has 0 aliphatic heterocycles. The summed E-state index contributed by atoms with van der Waals surface area (Å²) >= 11 is 6.04. The van der Waals surface area contributed by atoms with E-state index in [1.54, 1.807) is 6.92 Å². The highest BCUT2D eigenvalue weighted by Crippen LogP contribution is 2.28. The van der Waals surface area contributed by atoms with Crippen LogP contribution in [0.4, 0.5) is 14.6 Å². The van der Waals surface area contributed by atoms with Crippen molar-refractivity contribution in [2.75, 3.05) is 5.32 Å². The minimum absolute atomic E-state index is 0.152. The van der Waals surface area contributed by atoms with Crippen LogP contribution in [0.25, 0.3) is 0 Å². The standard InChI is InChI=1S/C17H16ClF2N3O2/c1-9(13-4-3-11(16(19)20)7-14(13)18)22-17(25)12-5-6-21-15(8-12)23-10(2)24/h3-9,16H,1-2H3,(H,22,25)(H,21,23,24). The monoisotopic (exact) mass is 367 g/mol. The molecule has 0 aliphatic rings. The Kier molecular flexibility index (Phi) is 6.03. The number of aromatic nitrogens is 1. The van der Waals surface area contributed by atoms with Crippen molar-refractivity contribution in [1.82, 2.24) is 10.3 Å². The van der Waals surface area contributed by atoms with Crippen molar-refractivity contribution in [3.63, 3.8) is 0 Å². The van der Waals surface area contributed by atoms with E-state index < -0.39 is 18.4 Å². The van der Waals surface area contributed by atoms with Gasteiger partial charge in [-0.05, 0) is 30.7 Å². The SMILES string of the molecule is CC(=O)Nc1cc(C(=O)NC(C)c2ccc(C(F)F)cc2Cl)ccn1. The van der Waals surface area contributed by atoms with Gasteiger partial charge < -0.3 is 10.6 Å². The number of anilines is 1. The Morgan fingerprint density at radius 2 is 1.92 bits per heavy atom. The summed E-state index contributed by atoms with van der Waals surface area (Å²) in [5.74, 6) is -0.452. The number of hydrogen-bond donors (Lipinski definition) is 2. The third kappa shape index (κ3) is 4.96. The lowest BCUT2D eigenvalue weighted by atomic mass is 10.1. The highest BCUT2D eigenvalue weighted by molar-refractivity contribution is 6.31. The van der Waals surface area contributed by atoms with Gasteiger partial charge in [-0.1, -0.05) is 23.7 Å². The molecule has 1 aromatic carbocycles. The molecule has 0 bridgehead atoms. The number of halogens is 3. The molecule has 1 aromatic heterocycles. The zero-order valence-electron chi connectivity index (χ0n) is 13.5. The Bertz CT molecular complexity index is 799. The fourth-order valence-corrected chi connectivity index (χ4v) is 2.56. The molecular formula is C17H16ClF2N3O2. The molecule has 1 atom stereocenters. The Labute approximate surface area is 148 Å². The first kappa shape index (κ1) is 18.8. The number of pyridine rings is 1. The van der Waals surface area contributed by atoms with Gasteiger partial charge >= 0.3 is 0 Å². The summed E-state index contributed by atoms with van der Waals surface area (Å²) in [5, 5.41) is 5.37. The summed E-state index contributed by atoms with van der Waals surface area (Å²) in [5.41, 5.74) is 0.642. The smallest absolute Gasteiger partial charge is 0.263 e. The molecule has 2 rings (SSSR count). The van der Waals surface area contributed by atoms with Crippen LogP contribution >= 0.6 is 11.6 Å². The molecule has 2 N–H and O–H groups in total. The zero-order valence-corrected chi connectivity index (χ0v) is 14.3. The molecule has 1 unspecified atom stereocenters. The number of benzene rings is 1. The molecule has 2 amide bonds. The van der Waals surface area contributed by atoms with E-state index in [4.69, 9.17) is 11.6 Å². The first-order valence-corrected chi connectivity index (χ1v) is 7.77. The lowest BCUT2D eigenvalue weighted by molar-refractivity contribution is -0.114. The third-order valence-corrected chi connectivity index (χ3v) is 3.74. The van der Waals surface area contributed by atoms with E-state index in [2.05, 4.69) is 15.6 Å². The fourth-order valence-electron chi connectivity index (χ4n) is 2.21. The largest absolute Gasteiger partial charge is 0.345 e. The van der Waals surface area contributed by atoms with Crippen LogP contribution in [0.5, 0.6) is 0 Å². The third-order valence-electron chi connectivity index (χ3n) is 3.42. The number of carbonyl (C=O) groups is 2. The quantitative estimate of drug-likeness (QED) is 0.835. The molecule has 0 radical (unpaired) electrons. The van der Waals surface area contributed by atoms with Crippen molar-refractivity contribution in [2.45, 2.75) is 26.3 Å². The summed E-state index contributed by atoms with van der Waals surface area (Å²) in [4.78, 5) is 27.3. The molecule has 0 aliphatic carbocycles. The Balaban J connectivity index is 2.13. The van der Waals surface area contributed by atoms with E-state index in [1.165, 1.54) is 43.5 Å². The number of rotatable bonds is 5. The molecule has 2 aromatic rings. The molecule has 5 nitrogen and oxygen atoms in total. The molecule has 132 valence electrons. The summed E-state index contributed by atoms with van der Waals surface area (Å²) in [6, 6.07) is 6.36. The van der Waals surface area contributed by atoms with Crippen molar-refractivity contribution >= 4 is 29.2 Å². The van der Waals surface area contributed by atoms with Crippen molar-refractivity contribution in [3.05, 3.63) is 58.2 Å². The molecule has 8 heteroatoms. The summed E-state index contributed by atoms with van der Waals surface area (Å²) in [6.45, 7) is 3.03. The maximum Gasteiger partial charge on any atom is 0.263 e. The lowest BCUT2D eigenvalue weighted by Gasteiger charge is -2.17. The molecule has 0 saturated carbocycles. The molecule has 25 heavy (non-hydrogen) atoms. The Hall–Kier alpha value is -2.54. The predicted octanol–water partition coefficient (Wildman–Crippen LogP) is 4.12. The normalized spacial score (nSPS) is 11.9. The summed E-state index contributed by atoms with van der Waals surface area (Å²) < 4.78 is 25.4. The maximum absolute atomic E-state index is 12.7. The number of hydrogen-bond acceptors (Lipinski definition) is 3. The fraction of sp³-hybridized carbons (Fsp3) is 0.235. The van der Waals surface area contributed by atoms with E-state index in [0.29, 0.717) is 11.1 Å². The second-order valence-electron chi connectivity index (χ2n) is 5.39. The lowest BCUT2D eigenvalue weighted by Crippen LogP contribution is -2.27. The van der Waals surface area contributed by atoms with E-state index in [9.17, 15) is 18.4 Å². The minimum Gasteiger partial charge on any atom is -0.345 e. The van der Waals surface area contributed by atoms with Crippen molar-refractivity contribution < 1.29 is 18.4 Å². The predicted molar refractivity (Wildman–Crippen MR) is 90.8 cm³/mol. The van der Waals surface area contributed by atoms with E-state index in [-0.39, 0.29) is 22.3 Å². The van der Waals surface area contributed by atoms with Gasteiger partial charge in [0.05, 0.1) is 6.04 Å². The van der Waals surface area contributed by atoms with Gasteiger partial charge in [-0.2, -0.15) is 0 Å². The van der Waals surface area contributed by atoms with Crippen LogP contribution in [0.15, 0.2) is 36.5 Å². The summed E-state index contributed by atoms with van der Waals surface area (Å²) in [7, 11) is 0. The van der Waals surface area contributed by atoms with E-state index in [0.717, 1.165) is 0 Å². The van der Waals surface area contributed by atoms with Gasteiger partial charge in [-0.25, -0.2) is 13.8 Å². The van der Waals surface area contributed by atoms with Crippen LogP contribution in [0.2, 0.25) is 5.02 Å². The van der Waals surface area contributed by atoms with Crippen molar-refractivity contribution in [1.29, 1.82) is 0 Å². The average molecular weight is 368 g/mol. The number of nitrogens with zero attached hydrogens (tertiary/aromatic N) is 1. The van der Waals surface area contributed by atoms with Crippen LogP contribution in [-0.2, 0) is 4.79 Å². The summed E-state index contributed by atoms with van der Waals surface area (Å²) in [6.07, 6.45) is -1.21. The Morgan fingerprint density at radius 1 is 1.20 bits per heavy atom. The van der Waals surface area contributed by atoms with Gasteiger partial charge in [0, 0.05) is 29.3 Å². The molecule has 0 fully saturated rings. The highest BCUT2D eigenvalue weighted by Gasteiger charge is 2.17. The van der Waals surface area contributed by atoms with Gasteiger partial charge in [-0.15, -0.1) is 0 Å². The zero-order chi connectivity index (χ0) is 18.6. The minimum atomic E-state index is -2.61. The number of amides is 2. The van der Waals surface area contributed by atoms with Gasteiger partial charge in [-0.3, -0.25) is 9.59 Å². The number of alkyl halides is 2. The van der Waals surface area contributed by atoms with Crippen LogP contribution < -0.4 is 10.6 Å². The molecule has 1 heterocycles. The average Bonchev–Trinajstić information content (AvgIpc) is 2.54. The van der Waals surface area contributed by atoms with Crippen LogP contribution in [-0.4, -0.2) is 16.8 Å². The van der Waals surface area contributed by atoms with Crippen LogP contribution in [0.3, 0.4) is 0 Å². The highest BCUT2D eigenvalue weighted by atomic mass is 35.5. The molecule has 0 saturated heterocycles. The first-order chi connectivity index (χ1) is 11.8. The maximum atomic E-state index is 12.7. The van der Waals surface area contributed by atoms with Gasteiger partial charge in [0.1, 0.15) is 5.82 Å². The number of nitrogens with one attached hydrogen (secondary N) is 2. The number of carbonyl (C=O) groups excluding carboxylic acids is 2. The van der Waals surface area contributed by atoms with Crippen LogP contribution in [0.1, 0.15) is 47.8 Å². The van der Waals surface area contributed by atoms with Crippen LogP contribution in [0, 0.1) is 0 Å². The topological polar surface area (TPSA) is 71.1 Å². The second kappa shape index (κ2) is 8.02. The van der Waals surface area contributed by atoms with E-state index in [1.807, 2.05) is 0 Å². The molecule has 0 spiro atoms. The first-order valence-electron chi connectivity index (χ1n) is 7.40.